The molecule has 5 nitrogen and oxygen atoms in total. The molecule has 5 heteroatoms. The van der Waals surface area contributed by atoms with Crippen LogP contribution in [0.4, 0.5) is 0 Å². The van der Waals surface area contributed by atoms with Crippen LogP contribution in [0.1, 0.15) is 11.1 Å². The molecule has 1 N–H and O–H groups in total. The van der Waals surface area contributed by atoms with Crippen molar-refractivity contribution in [1.29, 1.82) is 0 Å². The first-order valence-corrected chi connectivity index (χ1v) is 7.14. The molecule has 0 bridgehead atoms. The number of hydrogen-bond acceptors (Lipinski definition) is 5. The van der Waals surface area contributed by atoms with E-state index in [9.17, 15) is 4.79 Å². The van der Waals surface area contributed by atoms with Crippen molar-refractivity contribution in [2.24, 2.45) is 0 Å². The second kappa shape index (κ2) is 5.87. The van der Waals surface area contributed by atoms with Crippen molar-refractivity contribution in [3.63, 3.8) is 0 Å². The first-order valence-electron chi connectivity index (χ1n) is 7.14. The normalized spacial score (nSPS) is 18.9. The summed E-state index contributed by atoms with van der Waals surface area (Å²) in [5, 5.41) is 4.20. The highest BCUT2D eigenvalue weighted by atomic mass is 16.5. The van der Waals surface area contributed by atoms with Crippen molar-refractivity contribution < 1.29 is 13.9 Å². The maximum absolute atomic E-state index is 11.7. The molecule has 1 aliphatic heterocycles. The van der Waals surface area contributed by atoms with Gasteiger partial charge in [-0.25, -0.2) is 4.79 Å². The van der Waals surface area contributed by atoms with Crippen LogP contribution in [0.5, 0.6) is 5.75 Å². The van der Waals surface area contributed by atoms with Gasteiger partial charge in [0.15, 0.2) is 0 Å². The fourth-order valence-corrected chi connectivity index (χ4v) is 2.43. The number of aryl methyl sites for hydroxylation is 1. The van der Waals surface area contributed by atoms with Crippen molar-refractivity contribution in [2.75, 3.05) is 26.3 Å². The molecule has 1 fully saturated rings. The van der Waals surface area contributed by atoms with Gasteiger partial charge in [-0.05, 0) is 31.5 Å². The largest absolute Gasteiger partial charge is 0.491 e. The van der Waals surface area contributed by atoms with Gasteiger partial charge in [0.05, 0.1) is 6.61 Å². The zero-order chi connectivity index (χ0) is 14.8. The Morgan fingerprint density at radius 2 is 2.19 bits per heavy atom. The highest BCUT2D eigenvalue weighted by Crippen LogP contribution is 2.24. The van der Waals surface area contributed by atoms with Gasteiger partial charge in [0.25, 0.3) is 0 Å². The van der Waals surface area contributed by atoms with Crippen LogP contribution in [-0.2, 0) is 4.74 Å². The third-order valence-corrected chi connectivity index (χ3v) is 3.87. The average Bonchev–Trinajstić information content (AvgIpc) is 2.51. The number of morpholine rings is 1. The van der Waals surface area contributed by atoms with Gasteiger partial charge in [0.1, 0.15) is 24.0 Å². The monoisotopic (exact) mass is 289 g/mol. The van der Waals surface area contributed by atoms with Crippen molar-refractivity contribution in [3.8, 4) is 5.75 Å². The van der Waals surface area contributed by atoms with Gasteiger partial charge >= 0.3 is 5.63 Å². The maximum Gasteiger partial charge on any atom is 0.339 e. The number of fused-ring (bicyclic) bond motifs is 1. The van der Waals surface area contributed by atoms with Crippen LogP contribution in [0.3, 0.4) is 0 Å². The SMILES string of the molecule is Cc1c(C)c2ccc(OCC3CNCCO3)cc2oc1=O. The van der Waals surface area contributed by atoms with E-state index in [1.165, 1.54) is 0 Å². The van der Waals surface area contributed by atoms with Crippen LogP contribution in [0.2, 0.25) is 0 Å². The Morgan fingerprint density at radius 3 is 2.95 bits per heavy atom. The number of rotatable bonds is 3. The molecular weight excluding hydrogens is 270 g/mol. The maximum atomic E-state index is 11.7. The molecule has 0 saturated carbocycles. The van der Waals surface area contributed by atoms with Crippen LogP contribution in [-0.4, -0.2) is 32.4 Å². The predicted octanol–water partition coefficient (Wildman–Crippen LogP) is 1.78. The van der Waals surface area contributed by atoms with Gasteiger partial charge in [0, 0.05) is 30.1 Å². The van der Waals surface area contributed by atoms with Crippen LogP contribution in [0, 0.1) is 13.8 Å². The van der Waals surface area contributed by atoms with E-state index in [2.05, 4.69) is 5.32 Å². The quantitative estimate of drug-likeness (QED) is 0.873. The summed E-state index contributed by atoms with van der Waals surface area (Å²) in [4.78, 5) is 11.7. The summed E-state index contributed by atoms with van der Waals surface area (Å²) in [5.74, 6) is 0.683. The summed E-state index contributed by atoms with van der Waals surface area (Å²) in [5.41, 5.74) is 1.87. The van der Waals surface area contributed by atoms with Gasteiger partial charge in [-0.3, -0.25) is 0 Å². The van der Waals surface area contributed by atoms with Crippen molar-refractivity contribution in [1.82, 2.24) is 5.32 Å². The summed E-state index contributed by atoms with van der Waals surface area (Å²) in [6, 6.07) is 5.58. The second-order valence-corrected chi connectivity index (χ2v) is 5.31. The minimum atomic E-state index is -0.294. The number of nitrogens with one attached hydrogen (secondary N) is 1. The first-order chi connectivity index (χ1) is 10.1. The van der Waals surface area contributed by atoms with E-state index in [0.29, 0.717) is 30.1 Å². The number of hydrogen-bond donors (Lipinski definition) is 1. The lowest BCUT2D eigenvalue weighted by molar-refractivity contribution is 0.000206. The zero-order valence-electron chi connectivity index (χ0n) is 12.3. The lowest BCUT2D eigenvalue weighted by Crippen LogP contribution is -2.41. The topological polar surface area (TPSA) is 60.7 Å². The van der Waals surface area contributed by atoms with E-state index in [-0.39, 0.29) is 11.7 Å². The Bertz CT molecular complexity index is 701. The lowest BCUT2D eigenvalue weighted by Gasteiger charge is -2.23. The molecule has 21 heavy (non-hydrogen) atoms. The van der Waals surface area contributed by atoms with Crippen LogP contribution in [0.25, 0.3) is 11.0 Å². The Labute approximate surface area is 122 Å². The molecule has 112 valence electrons. The molecule has 1 aromatic carbocycles. The predicted molar refractivity (Wildman–Crippen MR) is 80.1 cm³/mol. The minimum Gasteiger partial charge on any atom is -0.491 e. The fourth-order valence-electron chi connectivity index (χ4n) is 2.43. The molecular formula is C16H19NO4. The molecule has 1 aliphatic rings. The van der Waals surface area contributed by atoms with Crippen LogP contribution < -0.4 is 15.7 Å². The summed E-state index contributed by atoms with van der Waals surface area (Å²) >= 11 is 0. The van der Waals surface area contributed by atoms with E-state index in [4.69, 9.17) is 13.9 Å². The summed E-state index contributed by atoms with van der Waals surface area (Å²) in [7, 11) is 0. The Kier molecular flexibility index (Phi) is 3.94. The molecule has 0 amide bonds. The van der Waals surface area contributed by atoms with Gasteiger partial charge in [0.2, 0.25) is 0 Å². The van der Waals surface area contributed by atoms with Gasteiger partial charge < -0.3 is 19.2 Å². The number of benzene rings is 1. The molecule has 1 unspecified atom stereocenters. The van der Waals surface area contributed by atoms with E-state index in [0.717, 1.165) is 24.0 Å². The van der Waals surface area contributed by atoms with E-state index in [1.807, 2.05) is 19.1 Å². The third kappa shape index (κ3) is 2.94. The standard InChI is InChI=1S/C16H19NO4/c1-10-11(2)16(18)21-15-7-12(3-4-14(10)15)20-9-13-8-17-5-6-19-13/h3-4,7,13,17H,5-6,8-9H2,1-2H3. The molecule has 0 spiro atoms. The Hall–Kier alpha value is -1.85. The molecule has 1 aromatic heterocycles. The van der Waals surface area contributed by atoms with Crippen LogP contribution in [0.15, 0.2) is 27.4 Å². The van der Waals surface area contributed by atoms with Crippen molar-refractivity contribution in [3.05, 3.63) is 39.7 Å². The highest BCUT2D eigenvalue weighted by molar-refractivity contribution is 5.82. The smallest absolute Gasteiger partial charge is 0.339 e. The van der Waals surface area contributed by atoms with Crippen molar-refractivity contribution >= 4 is 11.0 Å². The van der Waals surface area contributed by atoms with E-state index in [1.54, 1.807) is 13.0 Å². The van der Waals surface area contributed by atoms with E-state index < -0.39 is 0 Å². The third-order valence-electron chi connectivity index (χ3n) is 3.87. The minimum absolute atomic E-state index is 0.0567. The summed E-state index contributed by atoms with van der Waals surface area (Å²) < 4.78 is 16.6. The molecule has 2 aromatic rings. The van der Waals surface area contributed by atoms with Crippen LogP contribution >= 0.6 is 0 Å². The molecule has 1 saturated heterocycles. The number of ether oxygens (including phenoxy) is 2. The van der Waals surface area contributed by atoms with Gasteiger partial charge in [-0.15, -0.1) is 0 Å². The summed E-state index contributed by atoms with van der Waals surface area (Å²) in [6.07, 6.45) is 0.0567. The fraction of sp³-hybridized carbons (Fsp3) is 0.438. The van der Waals surface area contributed by atoms with Gasteiger partial charge in [-0.2, -0.15) is 0 Å². The average molecular weight is 289 g/mol. The highest BCUT2D eigenvalue weighted by Gasteiger charge is 2.14. The van der Waals surface area contributed by atoms with E-state index >= 15 is 0 Å². The second-order valence-electron chi connectivity index (χ2n) is 5.31. The lowest BCUT2D eigenvalue weighted by atomic mass is 10.1. The zero-order valence-corrected chi connectivity index (χ0v) is 12.3. The summed E-state index contributed by atoms with van der Waals surface area (Å²) in [6.45, 7) is 6.57. The molecule has 0 radical (unpaired) electrons. The molecule has 1 atom stereocenters. The first kappa shape index (κ1) is 14.1. The Balaban J connectivity index is 1.80. The molecule has 0 aliphatic carbocycles. The van der Waals surface area contributed by atoms with Gasteiger partial charge in [-0.1, -0.05) is 0 Å². The molecule has 3 rings (SSSR count). The van der Waals surface area contributed by atoms with Crippen molar-refractivity contribution in [2.45, 2.75) is 20.0 Å². The Morgan fingerprint density at radius 1 is 1.33 bits per heavy atom. The molecule has 2 heterocycles.